The molecule has 0 bridgehead atoms. The monoisotopic (exact) mass is 1070 g/mol. The normalized spacial score (nSPS) is 26.1. The number of carbonyl (C=O) groups is 2. The van der Waals surface area contributed by atoms with Crippen LogP contribution < -0.4 is 0 Å². The number of hydrogen-bond donors (Lipinski definition) is 4. The van der Waals surface area contributed by atoms with Crippen LogP contribution in [0.4, 0.5) is 0 Å². The van der Waals surface area contributed by atoms with Crippen molar-refractivity contribution >= 4 is 58.9 Å². The van der Waals surface area contributed by atoms with Crippen molar-refractivity contribution in [1.29, 1.82) is 0 Å². The van der Waals surface area contributed by atoms with Gasteiger partial charge in [-0.25, -0.2) is 9.78 Å². The van der Waals surface area contributed by atoms with Gasteiger partial charge in [-0.1, -0.05) is 117 Å². The van der Waals surface area contributed by atoms with Gasteiger partial charge in [-0.15, -0.1) is 0 Å². The molecule has 2 saturated heterocycles. The molecule has 2 heterocycles. The third-order valence-electron chi connectivity index (χ3n) is 17.3. The van der Waals surface area contributed by atoms with E-state index in [4.69, 9.17) is 18.9 Å². The van der Waals surface area contributed by atoms with Crippen molar-refractivity contribution in [3.05, 3.63) is 46.6 Å². The van der Waals surface area contributed by atoms with Gasteiger partial charge in [-0.05, 0) is 154 Å². The van der Waals surface area contributed by atoms with Gasteiger partial charge in [-0.2, -0.15) is 0 Å². The van der Waals surface area contributed by atoms with Crippen molar-refractivity contribution in [2.45, 2.75) is 223 Å². The minimum Gasteiger partial charge on any atom is -0.459 e. The van der Waals surface area contributed by atoms with Gasteiger partial charge in [0.15, 0.2) is 0 Å². The van der Waals surface area contributed by atoms with Crippen LogP contribution in [-0.2, 0) is 38.3 Å². The van der Waals surface area contributed by atoms with E-state index >= 15 is 0 Å². The first-order valence-corrected chi connectivity index (χ1v) is 27.3. The second kappa shape index (κ2) is 38.7. The molecule has 8 unspecified atom stereocenters. The number of esters is 2. The number of ether oxygens (including phenoxy) is 4. The summed E-state index contributed by atoms with van der Waals surface area (Å²) in [7, 11) is 3.22. The molecule has 4 N–H and O–H groups in total. The Labute approximate surface area is 485 Å². The topological polar surface area (TPSA) is 170 Å². The van der Waals surface area contributed by atoms with E-state index in [0.29, 0.717) is 38.3 Å². The number of carbonyl (C=O) groups excluding carboxylic acids is 2. The summed E-state index contributed by atoms with van der Waals surface area (Å²) in [5.74, 6) is 2.10. The zero-order valence-electron chi connectivity index (χ0n) is 48.5. The molecule has 12 nitrogen and oxygen atoms in total. The maximum absolute atomic E-state index is 11.8. The Balaban J connectivity index is -0.000000846. The molecule has 0 saturated carbocycles. The number of fused-ring (bicyclic) bond motifs is 2. The van der Waals surface area contributed by atoms with Gasteiger partial charge in [0.2, 0.25) is 0 Å². The van der Waals surface area contributed by atoms with Crippen molar-refractivity contribution in [2.75, 3.05) is 53.9 Å². The Bertz CT molecular complexity index is 1660. The van der Waals surface area contributed by atoms with Gasteiger partial charge < -0.3 is 39.4 Å². The number of rotatable bonds is 19. The first-order chi connectivity index (χ1) is 33.3. The second-order valence-electron chi connectivity index (χ2n) is 21.1. The van der Waals surface area contributed by atoms with Gasteiger partial charge in [0.1, 0.15) is 41.8 Å². The number of hydrogen-bond acceptors (Lipinski definition) is 12. The van der Waals surface area contributed by atoms with Gasteiger partial charge >= 0.3 is 11.9 Å². The Kier molecular flexibility index (Phi) is 40.4. The average Bonchev–Trinajstić information content (AvgIpc) is 3.83. The molecule has 428 valence electrons. The SMILES string of the molecule is C.C.CCC(O)(CC)C1CC(C)=CCC1CO.CCC(O)(CC)C1CC=C(C)CC1CO.CCC1(CC)OC(=O)C2CC(C)=CCC21.CCC1(CC)OC(=O)C2CC=C(C)CC21.COCCOOCCOC.[AlH2].[Na]. The third kappa shape index (κ3) is 21.3. The van der Waals surface area contributed by atoms with Crippen LogP contribution in [0.25, 0.3) is 0 Å². The predicted octanol–water partition coefficient (Wildman–Crippen LogP) is 11.4. The van der Waals surface area contributed by atoms with Crippen LogP contribution in [0.5, 0.6) is 0 Å². The summed E-state index contributed by atoms with van der Waals surface area (Å²) in [6.07, 6.45) is 23.3. The molecule has 74 heavy (non-hydrogen) atoms. The summed E-state index contributed by atoms with van der Waals surface area (Å²) in [6, 6.07) is 0. The first kappa shape index (κ1) is 77.3. The fraction of sp³-hybridized carbons (Fsp3) is 0.833. The van der Waals surface area contributed by atoms with Crippen molar-refractivity contribution in [3.63, 3.8) is 0 Å². The van der Waals surface area contributed by atoms with E-state index in [9.17, 15) is 30.0 Å². The fourth-order valence-corrected chi connectivity index (χ4v) is 12.2. The number of aliphatic hydroxyl groups is 4. The molecule has 4 aliphatic carbocycles. The zero-order chi connectivity index (χ0) is 52.7. The average molecular weight is 1080 g/mol. The third-order valence-corrected chi connectivity index (χ3v) is 17.3. The standard InChI is InChI=1S/2C13H20O2.2C13H24O2.C6H14O4.2CH4.Al.Na.2H/c1-4-13(5-2)11-7-6-9(3)8-10(11)12(14)15-13;1-4-13(5-2)11-8-9(3)6-7-10(11)12(14)15-13;1-4-13(15,5-2)12-7-6-10(3)8-11(12)9-14;1-4-13(15,5-2)12-8-10(3)6-7-11(12)9-14;1-7-3-5-9-10-6-4-8-2;;;;;;/h2*6,10-11H,4-5,7-8H2,1-3H3;2*6,11-12,14-15H,4-5,7-9H2,1-3H3;3-6H2,1-2H3;2*1H4;;;;. The maximum Gasteiger partial charge on any atom is 0.310 e. The zero-order valence-corrected chi connectivity index (χ0v) is 52.5. The minimum atomic E-state index is -0.594. The molecular formula is C60H112AlNaO12. The smallest absolute Gasteiger partial charge is 0.310 e. The van der Waals surface area contributed by atoms with E-state index in [0.717, 1.165) is 103 Å². The molecule has 8 atom stereocenters. The van der Waals surface area contributed by atoms with E-state index in [1.165, 1.54) is 22.3 Å². The minimum absolute atomic E-state index is 0. The van der Waals surface area contributed by atoms with Crippen LogP contribution in [0, 0.1) is 47.3 Å². The molecular weight excluding hydrogens is 963 g/mol. The largest absolute Gasteiger partial charge is 0.459 e. The van der Waals surface area contributed by atoms with E-state index in [1.807, 2.05) is 27.7 Å². The molecule has 2 aliphatic heterocycles. The quantitative estimate of drug-likeness (QED) is 0.0241. The van der Waals surface area contributed by atoms with Crippen molar-refractivity contribution < 1.29 is 58.7 Å². The van der Waals surface area contributed by atoms with Crippen LogP contribution in [0.2, 0.25) is 0 Å². The number of cyclic esters (lactones) is 2. The molecule has 6 rings (SSSR count). The number of allylic oxidation sites excluding steroid dienone is 8. The summed E-state index contributed by atoms with van der Waals surface area (Å²) < 4.78 is 20.8. The van der Waals surface area contributed by atoms with E-state index < -0.39 is 11.2 Å². The van der Waals surface area contributed by atoms with Crippen LogP contribution >= 0.6 is 0 Å². The van der Waals surface area contributed by atoms with Gasteiger partial charge in [0.05, 0.1) is 36.3 Å². The molecule has 2 radical (unpaired) electrons. The van der Waals surface area contributed by atoms with Gasteiger partial charge in [-0.3, -0.25) is 9.59 Å². The van der Waals surface area contributed by atoms with E-state index in [1.54, 1.807) is 14.2 Å². The fourth-order valence-electron chi connectivity index (χ4n) is 12.2. The van der Waals surface area contributed by atoms with Crippen molar-refractivity contribution in [2.24, 2.45) is 47.3 Å². The predicted molar refractivity (Wildman–Crippen MR) is 307 cm³/mol. The van der Waals surface area contributed by atoms with Gasteiger partial charge in [0, 0.05) is 68.8 Å². The van der Waals surface area contributed by atoms with Crippen molar-refractivity contribution in [1.82, 2.24) is 0 Å². The number of methoxy groups -OCH3 is 2. The molecule has 2 fully saturated rings. The van der Waals surface area contributed by atoms with Crippen LogP contribution in [0.3, 0.4) is 0 Å². The summed E-state index contributed by atoms with van der Waals surface area (Å²) in [6.45, 7) is 27.5. The van der Waals surface area contributed by atoms with Crippen molar-refractivity contribution in [3.8, 4) is 0 Å². The first-order valence-electron chi connectivity index (χ1n) is 27.3. The Morgan fingerprint density at radius 1 is 0.527 bits per heavy atom. The summed E-state index contributed by atoms with van der Waals surface area (Å²) in [5.41, 5.74) is 3.94. The van der Waals surface area contributed by atoms with Crippen LogP contribution in [0.1, 0.15) is 201 Å². The molecule has 0 amide bonds. The Hall–Kier alpha value is -0.888. The molecule has 0 aromatic rings. The molecule has 0 spiro atoms. The van der Waals surface area contributed by atoms with Gasteiger partial charge in [0.25, 0.3) is 0 Å². The van der Waals surface area contributed by atoms with Crippen LogP contribution in [-0.4, -0.2) is 156 Å². The second-order valence-corrected chi connectivity index (χ2v) is 21.1. The maximum atomic E-state index is 11.8. The Morgan fingerprint density at radius 3 is 1.38 bits per heavy atom. The van der Waals surface area contributed by atoms with Crippen LogP contribution in [0.15, 0.2) is 46.6 Å². The van der Waals surface area contributed by atoms with E-state index in [2.05, 4.69) is 89.5 Å². The number of aliphatic hydroxyl groups excluding tert-OH is 2. The summed E-state index contributed by atoms with van der Waals surface area (Å²) in [4.78, 5) is 33.0. The Morgan fingerprint density at radius 2 is 0.919 bits per heavy atom. The molecule has 6 aliphatic rings. The molecule has 0 aromatic heterocycles. The summed E-state index contributed by atoms with van der Waals surface area (Å²) in [5, 5.41) is 39.8. The molecule has 14 heteroatoms. The summed E-state index contributed by atoms with van der Waals surface area (Å²) >= 11 is 0. The van der Waals surface area contributed by atoms with E-state index in [-0.39, 0.29) is 134 Å². The molecule has 0 aromatic carbocycles.